The molecule has 1 amide bonds. The number of rotatable bonds is 8. The van der Waals surface area contributed by atoms with Crippen LogP contribution in [-0.4, -0.2) is 65.0 Å². The highest BCUT2D eigenvalue weighted by atomic mass is 32.2. The number of aryl methyl sites for hydroxylation is 2. The van der Waals surface area contributed by atoms with E-state index in [1.165, 1.54) is 17.3 Å². The van der Waals surface area contributed by atoms with Crippen molar-refractivity contribution in [1.82, 2.24) is 9.58 Å². The van der Waals surface area contributed by atoms with Gasteiger partial charge in [0.15, 0.2) is 5.43 Å². The molecule has 0 saturated heterocycles. The van der Waals surface area contributed by atoms with Crippen molar-refractivity contribution >= 4 is 23.6 Å². The van der Waals surface area contributed by atoms with Crippen molar-refractivity contribution in [3.8, 4) is 0 Å². The molecule has 9 heteroatoms. The van der Waals surface area contributed by atoms with Gasteiger partial charge in [-0.25, -0.2) is 4.79 Å². The van der Waals surface area contributed by atoms with Gasteiger partial charge in [-0.15, -0.1) is 0 Å². The maximum atomic E-state index is 14.1. The summed E-state index contributed by atoms with van der Waals surface area (Å²) in [6.07, 6.45) is 5.36. The molecule has 1 aliphatic carbocycles. The SMILES string of the molecule is COCCN1C(=O)c2c(C)c(=O)c(C(=O)O)cn2N(C2c3ccccc3CCc3ccccc32)C1CCSC. The van der Waals surface area contributed by atoms with Gasteiger partial charge in [0.1, 0.15) is 17.4 Å². The fraction of sp³-hybridized carbons (Fsp3) is 0.367. The Hall–Kier alpha value is -3.56. The van der Waals surface area contributed by atoms with Gasteiger partial charge in [0, 0.05) is 25.4 Å². The number of carbonyl (C=O) groups is 2. The molecule has 0 spiro atoms. The molecule has 0 saturated carbocycles. The van der Waals surface area contributed by atoms with E-state index in [1.54, 1.807) is 35.4 Å². The Bertz CT molecular complexity index is 1420. The zero-order valence-electron chi connectivity index (χ0n) is 22.4. The third kappa shape index (κ3) is 4.74. The van der Waals surface area contributed by atoms with E-state index in [0.29, 0.717) is 19.6 Å². The zero-order valence-corrected chi connectivity index (χ0v) is 23.2. The second kappa shape index (κ2) is 11.3. The Morgan fingerprint density at radius 3 is 2.23 bits per heavy atom. The van der Waals surface area contributed by atoms with Gasteiger partial charge in [0.05, 0.1) is 12.6 Å². The first-order chi connectivity index (χ1) is 18.9. The van der Waals surface area contributed by atoms with Crippen molar-refractivity contribution in [2.24, 2.45) is 0 Å². The molecule has 1 unspecified atom stereocenters. The van der Waals surface area contributed by atoms with Crippen LogP contribution in [0.15, 0.2) is 59.5 Å². The fourth-order valence-corrected chi connectivity index (χ4v) is 6.35. The monoisotopic (exact) mass is 547 g/mol. The van der Waals surface area contributed by atoms with E-state index in [2.05, 4.69) is 29.3 Å². The highest BCUT2D eigenvalue weighted by Gasteiger charge is 2.44. The molecule has 8 nitrogen and oxygen atoms in total. The minimum atomic E-state index is -1.31. The first kappa shape index (κ1) is 27.0. The molecule has 1 N–H and O–H groups in total. The van der Waals surface area contributed by atoms with E-state index < -0.39 is 17.6 Å². The molecule has 0 radical (unpaired) electrons. The first-order valence-corrected chi connectivity index (χ1v) is 14.5. The molecular weight excluding hydrogens is 514 g/mol. The van der Waals surface area contributed by atoms with Crippen LogP contribution in [0.5, 0.6) is 0 Å². The van der Waals surface area contributed by atoms with Crippen molar-refractivity contribution in [3.05, 3.63) is 104 Å². The standard InChI is InChI=1S/C30H33N3O5S/c1-19-26-29(35)31(15-16-38-2)25(14-17-39-3)33(32(26)18-24(28(19)34)30(36)37)27-22-10-6-4-8-20(22)12-13-21-9-5-7-11-23(21)27/h4-11,18,25,27H,12-17H2,1-3H3,(H,36,37). The number of fused-ring (bicyclic) bond motifs is 3. The molecule has 3 aromatic rings. The molecular formula is C30H33N3O5S. The van der Waals surface area contributed by atoms with Gasteiger partial charge in [0.2, 0.25) is 0 Å². The summed E-state index contributed by atoms with van der Waals surface area (Å²) in [4.78, 5) is 41.2. The van der Waals surface area contributed by atoms with Crippen LogP contribution in [0, 0.1) is 6.92 Å². The summed E-state index contributed by atoms with van der Waals surface area (Å²) in [5.41, 5.74) is 3.97. The smallest absolute Gasteiger partial charge is 0.341 e. The average Bonchev–Trinajstić information content (AvgIpc) is 3.10. The van der Waals surface area contributed by atoms with Gasteiger partial charge in [-0.1, -0.05) is 48.5 Å². The number of benzene rings is 2. The van der Waals surface area contributed by atoms with E-state index in [0.717, 1.165) is 29.7 Å². The number of pyridine rings is 1. The topological polar surface area (TPSA) is 92.1 Å². The third-order valence-corrected chi connectivity index (χ3v) is 8.42. The van der Waals surface area contributed by atoms with E-state index in [9.17, 15) is 19.5 Å². The number of nitrogens with zero attached hydrogens (tertiary/aromatic N) is 3. The van der Waals surface area contributed by atoms with Crippen LogP contribution in [-0.2, 0) is 17.6 Å². The normalized spacial score (nSPS) is 16.9. The number of aromatic carboxylic acids is 1. The van der Waals surface area contributed by atoms with Crippen molar-refractivity contribution in [3.63, 3.8) is 0 Å². The lowest BCUT2D eigenvalue weighted by molar-refractivity contribution is 0.0462. The highest BCUT2D eigenvalue weighted by molar-refractivity contribution is 7.98. The molecule has 2 aromatic carbocycles. The van der Waals surface area contributed by atoms with Gasteiger partial charge in [0.25, 0.3) is 5.91 Å². The Morgan fingerprint density at radius 2 is 1.67 bits per heavy atom. The quantitative estimate of drug-likeness (QED) is 0.458. The van der Waals surface area contributed by atoms with Crippen LogP contribution >= 0.6 is 11.8 Å². The van der Waals surface area contributed by atoms with Crippen LogP contribution < -0.4 is 10.4 Å². The molecule has 0 bridgehead atoms. The summed E-state index contributed by atoms with van der Waals surface area (Å²) in [7, 11) is 1.60. The summed E-state index contributed by atoms with van der Waals surface area (Å²) in [5.74, 6) is -0.820. The molecule has 1 aromatic heterocycles. The summed E-state index contributed by atoms with van der Waals surface area (Å²) >= 11 is 1.69. The number of ether oxygens (including phenoxy) is 1. The predicted molar refractivity (Wildman–Crippen MR) is 152 cm³/mol. The van der Waals surface area contributed by atoms with Crippen molar-refractivity contribution in [2.45, 2.75) is 38.4 Å². The number of hydrogen-bond acceptors (Lipinski definition) is 6. The first-order valence-electron chi connectivity index (χ1n) is 13.1. The van der Waals surface area contributed by atoms with Gasteiger partial charge < -0.3 is 14.7 Å². The number of carboxylic acids is 1. The number of thioether (sulfide) groups is 1. The van der Waals surface area contributed by atoms with E-state index >= 15 is 0 Å². The largest absolute Gasteiger partial charge is 0.477 e. The summed E-state index contributed by atoms with van der Waals surface area (Å²) < 4.78 is 7.05. The predicted octanol–water partition coefficient (Wildman–Crippen LogP) is 3.86. The molecule has 5 rings (SSSR count). The van der Waals surface area contributed by atoms with Crippen LogP contribution in [0.4, 0.5) is 0 Å². The maximum Gasteiger partial charge on any atom is 0.341 e. The molecule has 39 heavy (non-hydrogen) atoms. The van der Waals surface area contributed by atoms with Gasteiger partial charge in [-0.3, -0.25) is 19.3 Å². The number of methoxy groups -OCH3 is 1. The Morgan fingerprint density at radius 1 is 1.05 bits per heavy atom. The summed E-state index contributed by atoms with van der Waals surface area (Å²) in [5, 5.41) is 12.1. The molecule has 204 valence electrons. The van der Waals surface area contributed by atoms with Crippen molar-refractivity contribution in [1.29, 1.82) is 0 Å². The number of aromatic nitrogens is 1. The number of hydrogen-bond donors (Lipinski definition) is 1. The van der Waals surface area contributed by atoms with Crippen LogP contribution in [0.3, 0.4) is 0 Å². The second-order valence-corrected chi connectivity index (χ2v) is 10.9. The second-order valence-electron chi connectivity index (χ2n) is 9.93. The highest BCUT2D eigenvalue weighted by Crippen LogP contribution is 2.40. The van der Waals surface area contributed by atoms with Gasteiger partial charge in [-0.05, 0) is 60.4 Å². The Balaban J connectivity index is 1.86. The maximum absolute atomic E-state index is 14.1. The third-order valence-electron chi connectivity index (χ3n) is 7.77. The lowest BCUT2D eigenvalue weighted by Crippen LogP contribution is -2.63. The molecule has 2 heterocycles. The van der Waals surface area contributed by atoms with Crippen molar-refractivity contribution in [2.75, 3.05) is 37.3 Å². The Labute approximate surface area is 232 Å². The van der Waals surface area contributed by atoms with Crippen LogP contribution in [0.1, 0.15) is 61.1 Å². The van der Waals surface area contributed by atoms with E-state index in [4.69, 9.17) is 4.74 Å². The zero-order chi connectivity index (χ0) is 27.7. The summed E-state index contributed by atoms with van der Waals surface area (Å²) in [6, 6.07) is 16.3. The number of amides is 1. The van der Waals surface area contributed by atoms with Crippen LogP contribution in [0.25, 0.3) is 0 Å². The lowest BCUT2D eigenvalue weighted by atomic mass is 9.93. The average molecular weight is 548 g/mol. The molecule has 2 aliphatic rings. The van der Waals surface area contributed by atoms with E-state index in [1.807, 2.05) is 30.5 Å². The fourth-order valence-electron chi connectivity index (χ4n) is 5.90. The van der Waals surface area contributed by atoms with Gasteiger partial charge >= 0.3 is 5.97 Å². The lowest BCUT2D eigenvalue weighted by Gasteiger charge is -2.50. The molecule has 1 aliphatic heterocycles. The number of carboxylic acid groups (broad SMARTS) is 1. The Kier molecular flexibility index (Phi) is 7.81. The summed E-state index contributed by atoms with van der Waals surface area (Å²) in [6.45, 7) is 2.22. The minimum absolute atomic E-state index is 0.130. The van der Waals surface area contributed by atoms with Crippen molar-refractivity contribution < 1.29 is 19.4 Å². The molecule has 0 fully saturated rings. The molecule has 1 atom stereocenters. The number of carbonyl (C=O) groups excluding carboxylic acids is 1. The van der Waals surface area contributed by atoms with E-state index in [-0.39, 0.29) is 28.8 Å². The van der Waals surface area contributed by atoms with Gasteiger partial charge in [-0.2, -0.15) is 11.8 Å². The minimum Gasteiger partial charge on any atom is -0.477 e. The van der Waals surface area contributed by atoms with Crippen LogP contribution in [0.2, 0.25) is 0 Å².